The van der Waals surface area contributed by atoms with Gasteiger partial charge in [-0.05, 0) is 48.9 Å². The van der Waals surface area contributed by atoms with Crippen LogP contribution in [0.3, 0.4) is 0 Å². The van der Waals surface area contributed by atoms with Crippen LogP contribution >= 0.6 is 11.3 Å². The molecular weight excluding hydrogens is 293 g/mol. The molecule has 1 fully saturated rings. The molecule has 3 rings (SSSR count). The van der Waals surface area contributed by atoms with Crippen molar-refractivity contribution in [2.75, 3.05) is 6.54 Å². The number of halogens is 1. The molecule has 21 heavy (non-hydrogen) atoms. The zero-order valence-corrected chi connectivity index (χ0v) is 12.2. The number of rotatable bonds is 2. The quantitative estimate of drug-likeness (QED) is 0.927. The summed E-state index contributed by atoms with van der Waals surface area (Å²) in [6.45, 7) is 2.23. The van der Waals surface area contributed by atoms with Crippen LogP contribution in [0.1, 0.15) is 28.1 Å². The molecule has 2 heterocycles. The van der Waals surface area contributed by atoms with Gasteiger partial charge in [0, 0.05) is 11.2 Å². The van der Waals surface area contributed by atoms with Crippen LogP contribution in [0.5, 0.6) is 0 Å². The number of likely N-dealkylation sites (tertiary alicyclic amines) is 1. The van der Waals surface area contributed by atoms with E-state index in [2.05, 4.69) is 0 Å². The highest BCUT2D eigenvalue weighted by atomic mass is 32.1. The van der Waals surface area contributed by atoms with Crippen molar-refractivity contribution in [3.8, 4) is 0 Å². The minimum atomic E-state index is -0.967. The van der Waals surface area contributed by atoms with Gasteiger partial charge in [0.05, 0.1) is 4.88 Å². The summed E-state index contributed by atoms with van der Waals surface area (Å²) in [5.74, 6) is -1.57. The van der Waals surface area contributed by atoms with E-state index in [1.54, 1.807) is 13.0 Å². The summed E-state index contributed by atoms with van der Waals surface area (Å²) < 4.78 is 14.2. The summed E-state index contributed by atoms with van der Waals surface area (Å²) in [6, 6.07) is 3.68. The Morgan fingerprint density at radius 2 is 2.19 bits per heavy atom. The third kappa shape index (κ3) is 2.29. The highest BCUT2D eigenvalue weighted by Gasteiger charge is 2.35. The smallest absolute Gasteiger partial charge is 0.326 e. The molecule has 0 aliphatic carbocycles. The number of aryl methyl sites for hydroxylation is 1. The van der Waals surface area contributed by atoms with Gasteiger partial charge in [0.25, 0.3) is 5.91 Å². The second-order valence-corrected chi connectivity index (χ2v) is 6.24. The summed E-state index contributed by atoms with van der Waals surface area (Å²) in [5.41, 5.74) is 0.718. The van der Waals surface area contributed by atoms with Gasteiger partial charge in [-0.25, -0.2) is 9.18 Å². The van der Waals surface area contributed by atoms with Crippen LogP contribution in [-0.4, -0.2) is 34.5 Å². The zero-order valence-electron chi connectivity index (χ0n) is 11.4. The van der Waals surface area contributed by atoms with Gasteiger partial charge in [0.1, 0.15) is 11.9 Å². The first-order valence-electron chi connectivity index (χ1n) is 6.71. The number of aliphatic carboxylic acids is 1. The Morgan fingerprint density at radius 3 is 2.90 bits per heavy atom. The highest BCUT2D eigenvalue weighted by Crippen LogP contribution is 2.33. The molecule has 0 spiro atoms. The molecule has 110 valence electrons. The molecule has 1 amide bonds. The van der Waals surface area contributed by atoms with Crippen molar-refractivity contribution < 1.29 is 19.1 Å². The fourth-order valence-corrected chi connectivity index (χ4v) is 3.94. The first-order valence-corrected chi connectivity index (χ1v) is 7.53. The van der Waals surface area contributed by atoms with Crippen molar-refractivity contribution >= 4 is 33.3 Å². The summed E-state index contributed by atoms with van der Waals surface area (Å²) in [4.78, 5) is 25.7. The largest absolute Gasteiger partial charge is 0.480 e. The average molecular weight is 307 g/mol. The van der Waals surface area contributed by atoms with Crippen LogP contribution < -0.4 is 0 Å². The minimum Gasteiger partial charge on any atom is -0.480 e. The van der Waals surface area contributed by atoms with Crippen LogP contribution in [0.15, 0.2) is 18.2 Å². The van der Waals surface area contributed by atoms with Crippen molar-refractivity contribution in [3.63, 3.8) is 0 Å². The van der Waals surface area contributed by atoms with E-state index in [4.69, 9.17) is 0 Å². The normalized spacial score (nSPS) is 18.4. The summed E-state index contributed by atoms with van der Waals surface area (Å²) >= 11 is 1.29. The maximum atomic E-state index is 13.3. The topological polar surface area (TPSA) is 57.6 Å². The summed E-state index contributed by atoms with van der Waals surface area (Å²) in [7, 11) is 0. The van der Waals surface area contributed by atoms with Crippen molar-refractivity contribution in [2.45, 2.75) is 25.8 Å². The molecular formula is C15H14FNO3S. The number of benzene rings is 1. The summed E-state index contributed by atoms with van der Waals surface area (Å²) in [6.07, 6.45) is 1.18. The lowest BCUT2D eigenvalue weighted by Crippen LogP contribution is -2.40. The lowest BCUT2D eigenvalue weighted by molar-refractivity contribution is -0.141. The lowest BCUT2D eigenvalue weighted by Gasteiger charge is -2.21. The van der Waals surface area contributed by atoms with Crippen molar-refractivity contribution in [2.24, 2.45) is 0 Å². The first kappa shape index (κ1) is 14.0. The third-order valence-electron chi connectivity index (χ3n) is 3.89. The Balaban J connectivity index is 2.02. The number of hydrogen-bond donors (Lipinski definition) is 1. The molecule has 0 radical (unpaired) electrons. The fourth-order valence-electron chi connectivity index (χ4n) is 2.79. The minimum absolute atomic E-state index is 0.265. The number of nitrogens with zero attached hydrogens (tertiary/aromatic N) is 1. The van der Waals surface area contributed by atoms with Gasteiger partial charge in [-0.3, -0.25) is 4.79 Å². The Bertz CT molecular complexity index is 740. The molecule has 0 unspecified atom stereocenters. The van der Waals surface area contributed by atoms with Crippen LogP contribution in [0, 0.1) is 12.7 Å². The SMILES string of the molecule is Cc1c(C(=O)N2CCC[C@H]2C(=O)O)sc2ccc(F)cc12. The van der Waals surface area contributed by atoms with E-state index in [1.165, 1.54) is 28.4 Å². The molecule has 1 aromatic carbocycles. The number of carboxylic acid groups (broad SMARTS) is 1. The van der Waals surface area contributed by atoms with Crippen molar-refractivity contribution in [1.29, 1.82) is 0 Å². The predicted molar refractivity (Wildman–Crippen MR) is 78.2 cm³/mol. The number of amides is 1. The number of thiophene rings is 1. The van der Waals surface area contributed by atoms with E-state index in [0.29, 0.717) is 24.3 Å². The van der Waals surface area contributed by atoms with Crippen molar-refractivity contribution in [3.05, 3.63) is 34.5 Å². The molecule has 1 saturated heterocycles. The zero-order chi connectivity index (χ0) is 15.1. The number of carboxylic acids is 1. The van der Waals surface area contributed by atoms with Crippen molar-refractivity contribution in [1.82, 2.24) is 4.90 Å². The highest BCUT2D eigenvalue weighted by molar-refractivity contribution is 7.21. The van der Waals surface area contributed by atoms with E-state index in [-0.39, 0.29) is 11.7 Å². The van der Waals surface area contributed by atoms with Crippen LogP contribution in [0.2, 0.25) is 0 Å². The predicted octanol–water partition coefficient (Wildman–Crippen LogP) is 3.04. The maximum Gasteiger partial charge on any atom is 0.326 e. The van der Waals surface area contributed by atoms with Gasteiger partial charge in [-0.1, -0.05) is 0 Å². The second-order valence-electron chi connectivity index (χ2n) is 5.19. The molecule has 1 aromatic heterocycles. The maximum absolute atomic E-state index is 13.3. The van der Waals surface area contributed by atoms with Gasteiger partial charge in [0.15, 0.2) is 0 Å². The van der Waals surface area contributed by atoms with E-state index in [9.17, 15) is 19.1 Å². The number of carbonyl (C=O) groups excluding carboxylic acids is 1. The molecule has 1 atom stereocenters. The van der Waals surface area contributed by atoms with E-state index < -0.39 is 12.0 Å². The fraction of sp³-hybridized carbons (Fsp3) is 0.333. The molecule has 0 saturated carbocycles. The van der Waals surface area contributed by atoms with Gasteiger partial charge >= 0.3 is 5.97 Å². The van der Waals surface area contributed by atoms with E-state index in [1.807, 2.05) is 0 Å². The Morgan fingerprint density at radius 1 is 1.43 bits per heavy atom. The van der Waals surface area contributed by atoms with Crippen LogP contribution in [0.25, 0.3) is 10.1 Å². The molecule has 4 nitrogen and oxygen atoms in total. The van der Waals surface area contributed by atoms with E-state index >= 15 is 0 Å². The summed E-state index contributed by atoms with van der Waals surface area (Å²) in [5, 5.41) is 9.90. The van der Waals surface area contributed by atoms with Gasteiger partial charge in [-0.15, -0.1) is 11.3 Å². The van der Waals surface area contributed by atoms with E-state index in [0.717, 1.165) is 15.6 Å². The molecule has 1 aliphatic heterocycles. The Labute approximate surface area is 124 Å². The van der Waals surface area contributed by atoms with Gasteiger partial charge < -0.3 is 10.0 Å². The Hall–Kier alpha value is -1.95. The number of carbonyl (C=O) groups is 2. The molecule has 6 heteroatoms. The number of fused-ring (bicyclic) bond motifs is 1. The third-order valence-corrected chi connectivity index (χ3v) is 5.15. The second kappa shape index (κ2) is 5.11. The molecule has 0 bridgehead atoms. The monoisotopic (exact) mass is 307 g/mol. The molecule has 1 aliphatic rings. The number of hydrogen-bond acceptors (Lipinski definition) is 3. The van der Waals surface area contributed by atoms with Crippen LogP contribution in [-0.2, 0) is 4.79 Å². The van der Waals surface area contributed by atoms with Crippen LogP contribution in [0.4, 0.5) is 4.39 Å². The van der Waals surface area contributed by atoms with Gasteiger partial charge in [-0.2, -0.15) is 0 Å². The average Bonchev–Trinajstić information content (AvgIpc) is 3.04. The molecule has 2 aromatic rings. The van der Waals surface area contributed by atoms with Gasteiger partial charge in [0.2, 0.25) is 0 Å². The lowest BCUT2D eigenvalue weighted by atomic mass is 10.1. The first-order chi connectivity index (χ1) is 9.99. The molecule has 1 N–H and O–H groups in total. The standard InChI is InChI=1S/C15H14FNO3S/c1-8-10-7-9(16)4-5-12(10)21-13(8)14(18)17-6-2-3-11(17)15(19)20/h4-5,7,11H,2-3,6H2,1H3,(H,19,20)/t11-/m0/s1. The Kier molecular flexibility index (Phi) is 3.41.